The summed E-state index contributed by atoms with van der Waals surface area (Å²) in [6, 6.07) is 0. The van der Waals surface area contributed by atoms with E-state index < -0.39 is 0 Å². The summed E-state index contributed by atoms with van der Waals surface area (Å²) < 4.78 is 5.18. The van der Waals surface area contributed by atoms with E-state index in [1.807, 2.05) is 12.2 Å². The normalized spacial score (nSPS) is 13.9. The van der Waals surface area contributed by atoms with Crippen LogP contribution < -0.4 is 0 Å². The van der Waals surface area contributed by atoms with Crippen molar-refractivity contribution in [3.05, 3.63) is 23.8 Å². The fourth-order valence-electron chi connectivity index (χ4n) is 1.75. The topological polar surface area (TPSA) is 26.3 Å². The Bertz CT molecular complexity index is 264. The number of unbranched alkanes of at least 4 members (excludes halogenated alkanes) is 4. The molecule has 0 unspecified atom stereocenters. The van der Waals surface area contributed by atoms with Crippen molar-refractivity contribution in [3.8, 4) is 0 Å². The van der Waals surface area contributed by atoms with Gasteiger partial charge in [-0.2, -0.15) is 0 Å². The lowest BCUT2D eigenvalue weighted by molar-refractivity contribution is -0.142. The molecule has 0 aromatic carbocycles. The van der Waals surface area contributed by atoms with Gasteiger partial charge >= 0.3 is 5.97 Å². The molecule has 0 saturated carbocycles. The number of carbonyl (C=O) groups is 1. The molecule has 0 N–H and O–H groups in total. The van der Waals surface area contributed by atoms with E-state index >= 15 is 0 Å². The molecule has 90 valence electrons. The largest absolute Gasteiger partial charge is 0.465 e. The van der Waals surface area contributed by atoms with Crippen molar-refractivity contribution in [1.82, 2.24) is 0 Å². The van der Waals surface area contributed by atoms with Crippen LogP contribution in [0.25, 0.3) is 0 Å². The van der Waals surface area contributed by atoms with Gasteiger partial charge < -0.3 is 4.74 Å². The Morgan fingerprint density at radius 3 is 2.81 bits per heavy atom. The monoisotopic (exact) mass is 222 g/mol. The Kier molecular flexibility index (Phi) is 6.62. The number of hydrogen-bond donors (Lipinski definition) is 0. The zero-order chi connectivity index (χ0) is 11.6. The maximum Gasteiger partial charge on any atom is 0.309 e. The van der Waals surface area contributed by atoms with Gasteiger partial charge in [-0.3, -0.25) is 4.79 Å². The second-order valence-electron chi connectivity index (χ2n) is 4.27. The van der Waals surface area contributed by atoms with Gasteiger partial charge in [-0.25, -0.2) is 0 Å². The molecule has 2 nitrogen and oxygen atoms in total. The van der Waals surface area contributed by atoms with Crippen LogP contribution in [0.5, 0.6) is 0 Å². The summed E-state index contributed by atoms with van der Waals surface area (Å²) in [7, 11) is 0. The van der Waals surface area contributed by atoms with Crippen LogP contribution in [0.1, 0.15) is 51.9 Å². The third kappa shape index (κ3) is 5.74. The molecular formula is C14H22O2. The summed E-state index contributed by atoms with van der Waals surface area (Å²) in [5.41, 5.74) is 1.16. The first-order chi connectivity index (χ1) is 7.83. The Morgan fingerprint density at radius 2 is 2.12 bits per heavy atom. The molecule has 16 heavy (non-hydrogen) atoms. The molecule has 2 heteroatoms. The van der Waals surface area contributed by atoms with Gasteiger partial charge in [0, 0.05) is 0 Å². The zero-order valence-electron chi connectivity index (χ0n) is 10.2. The van der Waals surface area contributed by atoms with Gasteiger partial charge in [0.15, 0.2) is 0 Å². The molecule has 0 amide bonds. The Hall–Kier alpha value is -1.05. The van der Waals surface area contributed by atoms with Crippen molar-refractivity contribution >= 4 is 5.97 Å². The van der Waals surface area contributed by atoms with Crippen molar-refractivity contribution in [3.63, 3.8) is 0 Å². The fourth-order valence-corrected chi connectivity index (χ4v) is 1.75. The quantitative estimate of drug-likeness (QED) is 0.461. The Morgan fingerprint density at radius 1 is 1.31 bits per heavy atom. The van der Waals surface area contributed by atoms with Crippen LogP contribution >= 0.6 is 0 Å². The molecule has 0 fully saturated rings. The lowest BCUT2D eigenvalue weighted by atomic mass is 10.1. The van der Waals surface area contributed by atoms with Gasteiger partial charge in [0.05, 0.1) is 13.0 Å². The minimum atomic E-state index is -0.0783. The first-order valence-electron chi connectivity index (χ1n) is 6.33. The highest BCUT2D eigenvalue weighted by atomic mass is 16.5. The number of rotatable bonds is 8. The van der Waals surface area contributed by atoms with Crippen molar-refractivity contribution in [2.24, 2.45) is 0 Å². The molecule has 1 aliphatic rings. The summed E-state index contributed by atoms with van der Waals surface area (Å²) in [5, 5.41) is 0. The zero-order valence-corrected chi connectivity index (χ0v) is 10.2. The van der Waals surface area contributed by atoms with Gasteiger partial charge in [0.1, 0.15) is 0 Å². The van der Waals surface area contributed by atoms with Crippen LogP contribution in [0.2, 0.25) is 0 Å². The van der Waals surface area contributed by atoms with Crippen LogP contribution in [0.15, 0.2) is 23.8 Å². The maximum atomic E-state index is 11.4. The van der Waals surface area contributed by atoms with Gasteiger partial charge in [0.2, 0.25) is 0 Å². The van der Waals surface area contributed by atoms with Crippen LogP contribution in [0.3, 0.4) is 0 Å². The van der Waals surface area contributed by atoms with Crippen molar-refractivity contribution in [2.75, 3.05) is 6.61 Å². The second kappa shape index (κ2) is 8.14. The Balaban J connectivity index is 1.94. The van der Waals surface area contributed by atoms with E-state index in [1.165, 1.54) is 25.7 Å². The predicted octanol–water partition coefficient (Wildman–Crippen LogP) is 3.78. The molecule has 0 atom stereocenters. The number of ether oxygens (including phenoxy) is 1. The van der Waals surface area contributed by atoms with Gasteiger partial charge in [-0.1, -0.05) is 56.4 Å². The lowest BCUT2D eigenvalue weighted by Crippen LogP contribution is -2.06. The molecule has 1 rings (SSSR count). The summed E-state index contributed by atoms with van der Waals surface area (Å²) in [4.78, 5) is 11.4. The van der Waals surface area contributed by atoms with Crippen LogP contribution in [-0.2, 0) is 9.53 Å². The van der Waals surface area contributed by atoms with E-state index in [2.05, 4.69) is 13.0 Å². The first-order valence-corrected chi connectivity index (χ1v) is 6.33. The minimum Gasteiger partial charge on any atom is -0.465 e. The third-order valence-corrected chi connectivity index (χ3v) is 2.73. The molecule has 0 aromatic rings. The highest BCUT2D eigenvalue weighted by molar-refractivity contribution is 5.72. The van der Waals surface area contributed by atoms with E-state index in [-0.39, 0.29) is 5.97 Å². The van der Waals surface area contributed by atoms with Gasteiger partial charge in [0.25, 0.3) is 0 Å². The summed E-state index contributed by atoms with van der Waals surface area (Å²) in [6.45, 7) is 2.78. The van der Waals surface area contributed by atoms with E-state index in [9.17, 15) is 4.79 Å². The fraction of sp³-hybridized carbons (Fsp3) is 0.643. The van der Waals surface area contributed by atoms with Crippen molar-refractivity contribution in [2.45, 2.75) is 51.9 Å². The van der Waals surface area contributed by atoms with Crippen LogP contribution in [0.4, 0.5) is 0 Å². The molecule has 0 aromatic heterocycles. The smallest absolute Gasteiger partial charge is 0.309 e. The molecule has 0 heterocycles. The van der Waals surface area contributed by atoms with E-state index in [0.29, 0.717) is 13.0 Å². The standard InChI is InChI=1S/C14H22O2/c1-2-3-4-5-8-11-16-14(15)12-13-9-6-7-10-13/h6-7,9H,2-5,8,10-12H2,1H3. The lowest BCUT2D eigenvalue weighted by Gasteiger charge is -2.05. The number of esters is 1. The molecule has 0 spiro atoms. The van der Waals surface area contributed by atoms with Crippen molar-refractivity contribution < 1.29 is 9.53 Å². The predicted molar refractivity (Wildman–Crippen MR) is 66.2 cm³/mol. The molecule has 0 bridgehead atoms. The summed E-state index contributed by atoms with van der Waals surface area (Å²) in [6.07, 6.45) is 13.4. The third-order valence-electron chi connectivity index (χ3n) is 2.73. The summed E-state index contributed by atoms with van der Waals surface area (Å²) in [5.74, 6) is -0.0783. The maximum absolute atomic E-state index is 11.4. The Labute approximate surface area is 98.4 Å². The average molecular weight is 222 g/mol. The SMILES string of the molecule is CCCCCCCOC(=O)CC1=CC=CC1. The highest BCUT2D eigenvalue weighted by Gasteiger charge is 2.07. The highest BCUT2D eigenvalue weighted by Crippen LogP contribution is 2.14. The van der Waals surface area contributed by atoms with E-state index in [1.54, 1.807) is 0 Å². The van der Waals surface area contributed by atoms with Gasteiger partial charge in [-0.05, 0) is 12.8 Å². The summed E-state index contributed by atoms with van der Waals surface area (Å²) >= 11 is 0. The number of allylic oxidation sites excluding steroid dienone is 3. The molecule has 1 aliphatic carbocycles. The van der Waals surface area contributed by atoms with E-state index in [0.717, 1.165) is 18.4 Å². The molecule has 0 aliphatic heterocycles. The molecular weight excluding hydrogens is 200 g/mol. The number of hydrogen-bond acceptors (Lipinski definition) is 2. The molecule has 0 radical (unpaired) electrons. The number of carbonyl (C=O) groups excluding carboxylic acids is 1. The average Bonchev–Trinajstić information content (AvgIpc) is 2.76. The first kappa shape index (κ1) is 13.0. The second-order valence-corrected chi connectivity index (χ2v) is 4.27. The van der Waals surface area contributed by atoms with Crippen LogP contribution in [-0.4, -0.2) is 12.6 Å². The van der Waals surface area contributed by atoms with Crippen molar-refractivity contribution in [1.29, 1.82) is 0 Å². The van der Waals surface area contributed by atoms with Crippen LogP contribution in [0, 0.1) is 0 Å². The van der Waals surface area contributed by atoms with E-state index in [4.69, 9.17) is 4.74 Å². The minimum absolute atomic E-state index is 0.0783. The van der Waals surface area contributed by atoms with Gasteiger partial charge in [-0.15, -0.1) is 0 Å². The molecule has 0 saturated heterocycles.